The van der Waals surface area contributed by atoms with Gasteiger partial charge in [-0.25, -0.2) is 0 Å². The van der Waals surface area contributed by atoms with Crippen LogP contribution in [-0.4, -0.2) is 23.5 Å². The molecular formula is C12H19NOS. The summed E-state index contributed by atoms with van der Waals surface area (Å²) in [6, 6.07) is 6.52. The third-order valence-corrected chi connectivity index (χ3v) is 3.65. The van der Waals surface area contributed by atoms with Crippen molar-refractivity contribution < 1.29 is 5.11 Å². The number of nitrogens with two attached hydrogens (primary N) is 1. The van der Waals surface area contributed by atoms with Gasteiger partial charge in [0, 0.05) is 23.3 Å². The molecule has 0 bridgehead atoms. The molecule has 0 radical (unpaired) electrons. The lowest BCUT2D eigenvalue weighted by molar-refractivity contribution is 0.279. The third kappa shape index (κ3) is 4.24. The van der Waals surface area contributed by atoms with Gasteiger partial charge in [0.25, 0.3) is 0 Å². The number of aryl methyl sites for hydroxylation is 2. The summed E-state index contributed by atoms with van der Waals surface area (Å²) in [5.74, 6) is 0.866. The largest absolute Gasteiger partial charge is 0.396 e. The van der Waals surface area contributed by atoms with Crippen molar-refractivity contribution in [2.75, 3.05) is 12.4 Å². The Labute approximate surface area is 95.9 Å². The topological polar surface area (TPSA) is 46.2 Å². The molecule has 0 saturated carbocycles. The maximum atomic E-state index is 8.74. The summed E-state index contributed by atoms with van der Waals surface area (Å²) in [5, 5.41) is 8.74. The first-order valence-corrected chi connectivity index (χ1v) is 6.18. The Bertz CT molecular complexity index is 314. The van der Waals surface area contributed by atoms with Gasteiger partial charge >= 0.3 is 0 Å². The Balaban J connectivity index is 2.50. The van der Waals surface area contributed by atoms with E-state index in [9.17, 15) is 0 Å². The van der Waals surface area contributed by atoms with Crippen LogP contribution in [0, 0.1) is 13.8 Å². The van der Waals surface area contributed by atoms with Gasteiger partial charge in [-0.1, -0.05) is 17.7 Å². The molecule has 2 nitrogen and oxygen atoms in total. The Morgan fingerprint density at radius 1 is 1.40 bits per heavy atom. The van der Waals surface area contributed by atoms with Crippen molar-refractivity contribution in [1.29, 1.82) is 0 Å². The van der Waals surface area contributed by atoms with Gasteiger partial charge < -0.3 is 10.8 Å². The van der Waals surface area contributed by atoms with E-state index in [-0.39, 0.29) is 12.6 Å². The standard InChI is InChI=1S/C12H19NOS/c1-9-3-4-12(10(2)7-9)15-8-11(13)5-6-14/h3-4,7,11,14H,5-6,8,13H2,1-2H3. The van der Waals surface area contributed by atoms with E-state index in [0.29, 0.717) is 6.42 Å². The van der Waals surface area contributed by atoms with Gasteiger partial charge in [0.05, 0.1) is 0 Å². The van der Waals surface area contributed by atoms with Crippen molar-refractivity contribution in [3.8, 4) is 0 Å². The first kappa shape index (κ1) is 12.6. The minimum atomic E-state index is 0.0840. The maximum absolute atomic E-state index is 8.74. The Morgan fingerprint density at radius 3 is 2.73 bits per heavy atom. The van der Waals surface area contributed by atoms with Crippen LogP contribution in [0.1, 0.15) is 17.5 Å². The number of benzene rings is 1. The molecule has 0 aliphatic carbocycles. The zero-order chi connectivity index (χ0) is 11.3. The maximum Gasteiger partial charge on any atom is 0.0446 e. The molecule has 0 aliphatic rings. The highest BCUT2D eigenvalue weighted by Crippen LogP contribution is 2.23. The molecule has 15 heavy (non-hydrogen) atoms. The second-order valence-corrected chi connectivity index (χ2v) is 4.91. The van der Waals surface area contributed by atoms with Gasteiger partial charge in [-0.2, -0.15) is 0 Å². The van der Waals surface area contributed by atoms with Crippen LogP contribution in [0.15, 0.2) is 23.1 Å². The molecule has 0 spiro atoms. The van der Waals surface area contributed by atoms with Crippen molar-refractivity contribution in [2.24, 2.45) is 5.73 Å². The predicted molar refractivity (Wildman–Crippen MR) is 66.3 cm³/mol. The molecule has 3 N–H and O–H groups in total. The Kier molecular flexibility index (Phi) is 5.15. The fraction of sp³-hybridized carbons (Fsp3) is 0.500. The molecule has 0 saturated heterocycles. The zero-order valence-corrected chi connectivity index (χ0v) is 10.2. The van der Waals surface area contributed by atoms with Crippen molar-refractivity contribution >= 4 is 11.8 Å². The van der Waals surface area contributed by atoms with Crippen LogP contribution in [0.3, 0.4) is 0 Å². The quantitative estimate of drug-likeness (QED) is 0.754. The molecule has 3 heteroatoms. The highest BCUT2D eigenvalue weighted by molar-refractivity contribution is 7.99. The summed E-state index contributed by atoms with van der Waals surface area (Å²) in [7, 11) is 0. The summed E-state index contributed by atoms with van der Waals surface area (Å²) >= 11 is 1.77. The zero-order valence-electron chi connectivity index (χ0n) is 9.36. The van der Waals surface area contributed by atoms with Gasteiger partial charge in [0.2, 0.25) is 0 Å². The molecule has 0 fully saturated rings. The highest BCUT2D eigenvalue weighted by Gasteiger charge is 2.04. The first-order chi connectivity index (χ1) is 7.13. The smallest absolute Gasteiger partial charge is 0.0446 e. The summed E-state index contributed by atoms with van der Waals surface area (Å²) < 4.78 is 0. The highest BCUT2D eigenvalue weighted by atomic mass is 32.2. The molecule has 1 atom stereocenters. The van der Waals surface area contributed by atoms with Crippen LogP contribution in [0.2, 0.25) is 0 Å². The fourth-order valence-corrected chi connectivity index (χ4v) is 2.42. The number of hydrogen-bond donors (Lipinski definition) is 2. The molecular weight excluding hydrogens is 206 g/mol. The minimum Gasteiger partial charge on any atom is -0.396 e. The molecule has 0 heterocycles. The Morgan fingerprint density at radius 2 is 2.13 bits per heavy atom. The lowest BCUT2D eigenvalue weighted by Gasteiger charge is -2.11. The summed E-state index contributed by atoms with van der Waals surface area (Å²) in [6.07, 6.45) is 0.678. The van der Waals surface area contributed by atoms with E-state index < -0.39 is 0 Å². The second-order valence-electron chi connectivity index (χ2n) is 3.85. The lowest BCUT2D eigenvalue weighted by atomic mass is 10.2. The van der Waals surface area contributed by atoms with E-state index >= 15 is 0 Å². The summed E-state index contributed by atoms with van der Waals surface area (Å²) in [4.78, 5) is 1.29. The molecule has 0 amide bonds. The average molecular weight is 225 g/mol. The van der Waals surface area contributed by atoms with Crippen LogP contribution < -0.4 is 5.73 Å². The Hall–Kier alpha value is -0.510. The molecule has 1 rings (SSSR count). The van der Waals surface area contributed by atoms with Crippen molar-refractivity contribution in [1.82, 2.24) is 0 Å². The molecule has 1 aromatic carbocycles. The predicted octanol–water partition coefficient (Wildman–Crippen LogP) is 2.11. The number of rotatable bonds is 5. The molecule has 0 aliphatic heterocycles. The van der Waals surface area contributed by atoms with Gasteiger partial charge in [-0.15, -0.1) is 11.8 Å². The molecule has 84 valence electrons. The number of aliphatic hydroxyl groups is 1. The van der Waals surface area contributed by atoms with E-state index in [2.05, 4.69) is 32.0 Å². The number of aliphatic hydroxyl groups excluding tert-OH is 1. The van der Waals surface area contributed by atoms with Crippen molar-refractivity contribution in [2.45, 2.75) is 31.2 Å². The number of hydrogen-bond acceptors (Lipinski definition) is 3. The second kappa shape index (κ2) is 6.16. The monoisotopic (exact) mass is 225 g/mol. The summed E-state index contributed by atoms with van der Waals surface area (Å²) in [6.45, 7) is 4.39. The number of thioether (sulfide) groups is 1. The third-order valence-electron chi connectivity index (χ3n) is 2.28. The lowest BCUT2D eigenvalue weighted by Crippen LogP contribution is -2.23. The first-order valence-electron chi connectivity index (χ1n) is 5.20. The van der Waals surface area contributed by atoms with Crippen LogP contribution >= 0.6 is 11.8 Å². The van der Waals surface area contributed by atoms with Gasteiger partial charge in [0.15, 0.2) is 0 Å². The molecule has 0 aromatic heterocycles. The van der Waals surface area contributed by atoms with E-state index in [1.54, 1.807) is 11.8 Å². The van der Waals surface area contributed by atoms with E-state index in [4.69, 9.17) is 10.8 Å². The fourth-order valence-electron chi connectivity index (χ4n) is 1.41. The molecule has 1 aromatic rings. The average Bonchev–Trinajstić information content (AvgIpc) is 2.17. The van der Waals surface area contributed by atoms with Crippen molar-refractivity contribution in [3.05, 3.63) is 29.3 Å². The van der Waals surface area contributed by atoms with E-state index in [1.165, 1.54) is 16.0 Å². The van der Waals surface area contributed by atoms with E-state index in [1.807, 2.05) is 0 Å². The van der Waals surface area contributed by atoms with Crippen LogP contribution in [0.25, 0.3) is 0 Å². The van der Waals surface area contributed by atoms with Crippen LogP contribution in [-0.2, 0) is 0 Å². The molecule has 1 unspecified atom stereocenters. The van der Waals surface area contributed by atoms with Gasteiger partial charge in [-0.05, 0) is 31.9 Å². The van der Waals surface area contributed by atoms with Crippen LogP contribution in [0.4, 0.5) is 0 Å². The van der Waals surface area contributed by atoms with Crippen molar-refractivity contribution in [3.63, 3.8) is 0 Å². The minimum absolute atomic E-state index is 0.0840. The van der Waals surface area contributed by atoms with Gasteiger partial charge in [-0.3, -0.25) is 0 Å². The van der Waals surface area contributed by atoms with Gasteiger partial charge in [0.1, 0.15) is 0 Å². The normalized spacial score (nSPS) is 12.8. The van der Waals surface area contributed by atoms with Crippen LogP contribution in [0.5, 0.6) is 0 Å². The summed E-state index contributed by atoms with van der Waals surface area (Å²) in [5.41, 5.74) is 8.42. The van der Waals surface area contributed by atoms with E-state index in [0.717, 1.165) is 5.75 Å². The SMILES string of the molecule is Cc1ccc(SCC(N)CCO)c(C)c1.